The van der Waals surface area contributed by atoms with Crippen molar-refractivity contribution in [2.45, 2.75) is 27.2 Å². The molecule has 0 aliphatic heterocycles. The second-order valence-electron chi connectivity index (χ2n) is 7.02. The van der Waals surface area contributed by atoms with Crippen molar-refractivity contribution in [2.24, 2.45) is 0 Å². The van der Waals surface area contributed by atoms with Gasteiger partial charge in [0.05, 0.1) is 6.54 Å². The third-order valence-electron chi connectivity index (χ3n) is 4.70. The van der Waals surface area contributed by atoms with Gasteiger partial charge in [-0.3, -0.25) is 9.59 Å². The van der Waals surface area contributed by atoms with Crippen LogP contribution in [0.15, 0.2) is 47.4 Å². The molecule has 0 unspecified atom stereocenters. The first-order valence-electron chi connectivity index (χ1n) is 9.51. The Labute approximate surface area is 169 Å². The highest BCUT2D eigenvalue weighted by atomic mass is 16.2. The molecule has 29 heavy (non-hydrogen) atoms. The largest absolute Gasteiger partial charge is 0.350 e. The van der Waals surface area contributed by atoms with E-state index in [9.17, 15) is 9.59 Å². The molecular formula is C22H25N5O2. The number of para-hydroxylation sites is 1. The van der Waals surface area contributed by atoms with Gasteiger partial charge in [0.1, 0.15) is 11.6 Å². The minimum Gasteiger partial charge on any atom is -0.350 e. The Morgan fingerprint density at radius 2 is 1.90 bits per heavy atom. The monoisotopic (exact) mass is 391 g/mol. The number of aromatic nitrogens is 3. The highest BCUT2D eigenvalue weighted by molar-refractivity contribution is 5.95. The van der Waals surface area contributed by atoms with Crippen LogP contribution < -0.4 is 15.8 Å². The summed E-state index contributed by atoms with van der Waals surface area (Å²) in [6.45, 7) is 6.06. The zero-order chi connectivity index (χ0) is 21.0. The van der Waals surface area contributed by atoms with Gasteiger partial charge in [-0.2, -0.15) is 0 Å². The van der Waals surface area contributed by atoms with Crippen molar-refractivity contribution in [3.63, 3.8) is 0 Å². The van der Waals surface area contributed by atoms with Crippen LogP contribution in [0.4, 0.5) is 11.5 Å². The molecule has 0 atom stereocenters. The van der Waals surface area contributed by atoms with Gasteiger partial charge >= 0.3 is 0 Å². The van der Waals surface area contributed by atoms with Crippen molar-refractivity contribution in [1.29, 1.82) is 0 Å². The maximum atomic E-state index is 12.5. The van der Waals surface area contributed by atoms with Crippen LogP contribution in [0.3, 0.4) is 0 Å². The second-order valence-corrected chi connectivity index (χ2v) is 7.02. The molecule has 7 nitrogen and oxygen atoms in total. The summed E-state index contributed by atoms with van der Waals surface area (Å²) < 4.78 is 0. The van der Waals surface area contributed by atoms with Crippen molar-refractivity contribution in [1.82, 2.24) is 15.0 Å². The van der Waals surface area contributed by atoms with Gasteiger partial charge in [0.25, 0.3) is 5.56 Å². The van der Waals surface area contributed by atoms with E-state index in [1.54, 1.807) is 17.2 Å². The molecule has 0 fully saturated rings. The van der Waals surface area contributed by atoms with Crippen LogP contribution >= 0.6 is 0 Å². The highest BCUT2D eigenvalue weighted by Gasteiger charge is 2.12. The van der Waals surface area contributed by atoms with Gasteiger partial charge in [-0.05, 0) is 43.5 Å². The molecule has 7 heteroatoms. The Kier molecular flexibility index (Phi) is 6.07. The number of carbonyl (C=O) groups is 1. The van der Waals surface area contributed by atoms with Crippen LogP contribution in [0.5, 0.6) is 0 Å². The Hall–Kier alpha value is -3.48. The fourth-order valence-corrected chi connectivity index (χ4v) is 3.06. The number of carbonyl (C=O) groups excluding carboxylic acids is 1. The SMILES string of the molecule is CCc1cc(=O)[nH]c(-c2ccc(N(C)CC(=O)Nc3c(C)cccc3C)nc2)n1. The molecule has 2 aromatic heterocycles. The quantitative estimate of drug-likeness (QED) is 0.674. The minimum atomic E-state index is -0.184. The van der Waals surface area contributed by atoms with Crippen molar-refractivity contribution in [3.8, 4) is 11.4 Å². The molecule has 0 saturated carbocycles. The number of H-pyrrole nitrogens is 1. The lowest BCUT2D eigenvalue weighted by atomic mass is 10.1. The van der Waals surface area contributed by atoms with Crippen LogP contribution in [0.25, 0.3) is 11.4 Å². The first-order valence-corrected chi connectivity index (χ1v) is 9.51. The first kappa shape index (κ1) is 20.3. The van der Waals surface area contributed by atoms with Crippen molar-refractivity contribution in [2.75, 3.05) is 23.8 Å². The number of benzene rings is 1. The summed E-state index contributed by atoms with van der Waals surface area (Å²) in [6.07, 6.45) is 2.33. The Balaban J connectivity index is 1.70. The van der Waals surface area contributed by atoms with Gasteiger partial charge in [0.2, 0.25) is 5.91 Å². The molecule has 1 aromatic carbocycles. The number of amides is 1. The lowest BCUT2D eigenvalue weighted by molar-refractivity contribution is -0.114. The maximum absolute atomic E-state index is 12.5. The smallest absolute Gasteiger partial charge is 0.251 e. The number of aromatic amines is 1. The summed E-state index contributed by atoms with van der Waals surface area (Å²) in [4.78, 5) is 37.6. The fraction of sp³-hybridized carbons (Fsp3) is 0.273. The van der Waals surface area contributed by atoms with Crippen LogP contribution in [0.2, 0.25) is 0 Å². The zero-order valence-electron chi connectivity index (χ0n) is 17.1. The Morgan fingerprint density at radius 3 is 2.52 bits per heavy atom. The summed E-state index contributed by atoms with van der Waals surface area (Å²) in [5, 5.41) is 2.98. The lowest BCUT2D eigenvalue weighted by Crippen LogP contribution is -2.31. The normalized spacial score (nSPS) is 10.6. The predicted molar refractivity (Wildman–Crippen MR) is 115 cm³/mol. The van der Waals surface area contributed by atoms with E-state index in [-0.39, 0.29) is 18.0 Å². The average Bonchev–Trinajstić information content (AvgIpc) is 2.70. The standard InChI is InChI=1S/C22H25N5O2/c1-5-17-11-19(28)26-22(24-17)16-9-10-18(23-12-16)27(4)13-20(29)25-21-14(2)7-6-8-15(21)3/h6-12H,5,13H2,1-4H3,(H,25,29)(H,24,26,28). The molecule has 0 radical (unpaired) electrons. The van der Waals surface area contributed by atoms with E-state index in [1.807, 2.05) is 52.1 Å². The summed E-state index contributed by atoms with van der Waals surface area (Å²) in [5.74, 6) is 1.03. The number of hydrogen-bond acceptors (Lipinski definition) is 5. The third kappa shape index (κ3) is 4.87. The molecular weight excluding hydrogens is 366 g/mol. The van der Waals surface area contributed by atoms with E-state index < -0.39 is 0 Å². The molecule has 0 aliphatic rings. The van der Waals surface area contributed by atoms with Gasteiger partial charge in [0, 0.05) is 36.3 Å². The van der Waals surface area contributed by atoms with Crippen molar-refractivity contribution < 1.29 is 4.79 Å². The number of rotatable bonds is 6. The highest BCUT2D eigenvalue weighted by Crippen LogP contribution is 2.20. The van der Waals surface area contributed by atoms with E-state index >= 15 is 0 Å². The summed E-state index contributed by atoms with van der Waals surface area (Å²) in [5.41, 5.74) is 4.16. The molecule has 0 aliphatic carbocycles. The van der Waals surface area contributed by atoms with Gasteiger partial charge in [0.15, 0.2) is 0 Å². The summed E-state index contributed by atoms with van der Waals surface area (Å²) in [6, 6.07) is 11.0. The van der Waals surface area contributed by atoms with Crippen LogP contribution in [-0.2, 0) is 11.2 Å². The Morgan fingerprint density at radius 1 is 1.17 bits per heavy atom. The van der Waals surface area contributed by atoms with Gasteiger partial charge in [-0.1, -0.05) is 25.1 Å². The number of pyridine rings is 1. The Bertz CT molecular complexity index is 1050. The maximum Gasteiger partial charge on any atom is 0.251 e. The number of nitrogens with zero attached hydrogens (tertiary/aromatic N) is 3. The second kappa shape index (κ2) is 8.68. The zero-order valence-corrected chi connectivity index (χ0v) is 17.1. The van der Waals surface area contributed by atoms with E-state index in [4.69, 9.17) is 0 Å². The average molecular weight is 391 g/mol. The van der Waals surface area contributed by atoms with Gasteiger partial charge in [-0.25, -0.2) is 9.97 Å². The van der Waals surface area contributed by atoms with E-state index in [0.717, 1.165) is 28.1 Å². The molecule has 2 heterocycles. The number of nitrogens with one attached hydrogen (secondary N) is 2. The molecule has 0 saturated heterocycles. The predicted octanol–water partition coefficient (Wildman–Crippen LogP) is 3.09. The third-order valence-corrected chi connectivity index (χ3v) is 4.70. The van der Waals surface area contributed by atoms with Gasteiger partial charge in [-0.15, -0.1) is 0 Å². The number of likely N-dealkylation sites (N-methyl/N-ethyl adjacent to an activating group) is 1. The van der Waals surface area contributed by atoms with Crippen molar-refractivity contribution in [3.05, 3.63) is 69.8 Å². The molecule has 1 amide bonds. The molecule has 3 rings (SSSR count). The van der Waals surface area contributed by atoms with Crippen LogP contribution in [0, 0.1) is 13.8 Å². The van der Waals surface area contributed by atoms with Crippen LogP contribution in [-0.4, -0.2) is 34.5 Å². The lowest BCUT2D eigenvalue weighted by Gasteiger charge is -2.19. The van der Waals surface area contributed by atoms with E-state index in [2.05, 4.69) is 20.3 Å². The molecule has 0 bridgehead atoms. The summed E-state index contributed by atoms with van der Waals surface area (Å²) >= 11 is 0. The molecule has 0 spiro atoms. The molecule has 2 N–H and O–H groups in total. The number of anilines is 2. The number of aryl methyl sites for hydroxylation is 3. The number of hydrogen-bond donors (Lipinski definition) is 2. The first-order chi connectivity index (χ1) is 13.9. The van der Waals surface area contributed by atoms with E-state index in [0.29, 0.717) is 18.1 Å². The topological polar surface area (TPSA) is 91.0 Å². The summed E-state index contributed by atoms with van der Waals surface area (Å²) in [7, 11) is 1.81. The fourth-order valence-electron chi connectivity index (χ4n) is 3.06. The van der Waals surface area contributed by atoms with Crippen LogP contribution in [0.1, 0.15) is 23.7 Å². The minimum absolute atomic E-state index is 0.113. The van der Waals surface area contributed by atoms with Gasteiger partial charge < -0.3 is 15.2 Å². The molecule has 3 aromatic rings. The van der Waals surface area contributed by atoms with E-state index in [1.165, 1.54) is 6.07 Å². The van der Waals surface area contributed by atoms with Crippen molar-refractivity contribution >= 4 is 17.4 Å². The molecule has 150 valence electrons.